The van der Waals surface area contributed by atoms with Crippen LogP contribution in [0.3, 0.4) is 0 Å². The minimum Gasteiger partial charge on any atom is -0.302 e. The quantitative estimate of drug-likeness (QED) is 0.486. The standard InChI is InChI=1S/C23H20Cl2F2N2O2/c1-11(30)29-19-8-16(27)15(26)7-17(19)28-18-9-23(2,3)10-20(31)21(18)22(29)13-5-4-12(24)6-14(13)25/h4-8,21-22H,9-10H2,1-3H3. The summed E-state index contributed by atoms with van der Waals surface area (Å²) in [5.74, 6) is -3.53. The summed E-state index contributed by atoms with van der Waals surface area (Å²) in [6.45, 7) is 5.21. The number of ketones is 1. The lowest BCUT2D eigenvalue weighted by atomic mass is 9.68. The van der Waals surface area contributed by atoms with Crippen LogP contribution < -0.4 is 4.90 Å². The molecule has 1 saturated carbocycles. The average Bonchev–Trinajstić information content (AvgIpc) is 2.75. The maximum atomic E-state index is 14.2. The molecule has 2 unspecified atom stereocenters. The van der Waals surface area contributed by atoms with Gasteiger partial charge in [-0.15, -0.1) is 0 Å². The van der Waals surface area contributed by atoms with Crippen molar-refractivity contribution in [2.45, 2.75) is 39.7 Å². The van der Waals surface area contributed by atoms with Crippen molar-refractivity contribution in [3.63, 3.8) is 0 Å². The van der Waals surface area contributed by atoms with Gasteiger partial charge in [0.15, 0.2) is 11.6 Å². The number of fused-ring (bicyclic) bond motifs is 2. The molecule has 2 atom stereocenters. The van der Waals surface area contributed by atoms with Crippen LogP contribution in [-0.4, -0.2) is 17.4 Å². The summed E-state index contributed by atoms with van der Waals surface area (Å²) in [4.78, 5) is 32.1. The first-order valence-corrected chi connectivity index (χ1v) is 10.6. The van der Waals surface area contributed by atoms with E-state index in [0.29, 0.717) is 22.7 Å². The molecule has 0 aromatic heterocycles. The highest BCUT2D eigenvalue weighted by Crippen LogP contribution is 2.49. The Bertz CT molecular complexity index is 1150. The van der Waals surface area contributed by atoms with Gasteiger partial charge in [-0.05, 0) is 29.5 Å². The van der Waals surface area contributed by atoms with Crippen molar-refractivity contribution in [2.75, 3.05) is 4.90 Å². The van der Waals surface area contributed by atoms with E-state index in [1.165, 1.54) is 17.9 Å². The summed E-state index contributed by atoms with van der Waals surface area (Å²) < 4.78 is 28.3. The minimum atomic E-state index is -1.11. The number of carbonyl (C=O) groups is 2. The molecule has 2 aromatic carbocycles. The molecule has 0 N–H and O–H groups in total. The molecule has 2 aromatic rings. The Morgan fingerprint density at radius 1 is 1.13 bits per heavy atom. The lowest BCUT2D eigenvalue weighted by Gasteiger charge is -2.41. The normalized spacial score (nSPS) is 22.4. The molecule has 1 heterocycles. The Hall–Kier alpha value is -2.31. The molecule has 31 heavy (non-hydrogen) atoms. The maximum Gasteiger partial charge on any atom is 0.224 e. The number of benzene rings is 2. The number of rotatable bonds is 1. The van der Waals surface area contributed by atoms with Gasteiger partial charge in [0.2, 0.25) is 5.91 Å². The zero-order valence-electron chi connectivity index (χ0n) is 17.2. The number of hydrogen-bond donors (Lipinski definition) is 0. The number of amides is 1. The van der Waals surface area contributed by atoms with E-state index in [1.54, 1.807) is 12.1 Å². The van der Waals surface area contributed by atoms with Gasteiger partial charge in [-0.3, -0.25) is 14.6 Å². The number of anilines is 1. The first-order valence-electron chi connectivity index (χ1n) is 9.82. The van der Waals surface area contributed by atoms with Gasteiger partial charge >= 0.3 is 0 Å². The summed E-state index contributed by atoms with van der Waals surface area (Å²) in [6, 6.07) is 5.84. The molecule has 0 radical (unpaired) electrons. The van der Waals surface area contributed by atoms with Crippen LogP contribution in [0.4, 0.5) is 20.2 Å². The van der Waals surface area contributed by atoms with Gasteiger partial charge in [0.25, 0.3) is 0 Å². The molecule has 2 aliphatic rings. The largest absolute Gasteiger partial charge is 0.302 e. The predicted molar refractivity (Wildman–Crippen MR) is 117 cm³/mol. The molecule has 162 valence electrons. The van der Waals surface area contributed by atoms with Crippen LogP contribution in [0.2, 0.25) is 10.0 Å². The van der Waals surface area contributed by atoms with Gasteiger partial charge in [-0.2, -0.15) is 0 Å². The van der Waals surface area contributed by atoms with Crippen LogP contribution in [0.25, 0.3) is 0 Å². The molecule has 1 aliphatic carbocycles. The monoisotopic (exact) mass is 464 g/mol. The molecule has 0 spiro atoms. The van der Waals surface area contributed by atoms with E-state index in [9.17, 15) is 18.4 Å². The average molecular weight is 465 g/mol. The Balaban J connectivity index is 2.05. The van der Waals surface area contributed by atoms with E-state index < -0.39 is 29.5 Å². The van der Waals surface area contributed by atoms with Crippen LogP contribution in [0, 0.1) is 23.0 Å². The van der Waals surface area contributed by atoms with Gasteiger partial charge in [-0.25, -0.2) is 8.78 Å². The third-order valence-electron chi connectivity index (χ3n) is 5.77. The highest BCUT2D eigenvalue weighted by atomic mass is 35.5. The number of aliphatic imine (C=N–C) groups is 1. The van der Waals surface area contributed by atoms with Crippen LogP contribution >= 0.6 is 23.2 Å². The van der Waals surface area contributed by atoms with Crippen molar-refractivity contribution in [3.8, 4) is 0 Å². The van der Waals surface area contributed by atoms with Crippen molar-refractivity contribution in [2.24, 2.45) is 16.3 Å². The lowest BCUT2D eigenvalue weighted by molar-refractivity contribution is -0.124. The van der Waals surface area contributed by atoms with Gasteiger partial charge in [0.05, 0.1) is 23.3 Å². The zero-order valence-corrected chi connectivity index (χ0v) is 18.7. The Morgan fingerprint density at radius 3 is 2.45 bits per heavy atom. The fraction of sp³-hybridized carbons (Fsp3) is 0.348. The van der Waals surface area contributed by atoms with E-state index in [1.807, 2.05) is 13.8 Å². The molecule has 0 bridgehead atoms. The van der Waals surface area contributed by atoms with Crippen molar-refractivity contribution in [1.82, 2.24) is 0 Å². The van der Waals surface area contributed by atoms with Crippen LogP contribution in [-0.2, 0) is 9.59 Å². The SMILES string of the molecule is CC(=O)N1c2cc(F)c(F)cc2N=C2CC(C)(C)CC(=O)C2C1c1ccc(Cl)cc1Cl. The summed E-state index contributed by atoms with van der Waals surface area (Å²) in [6.07, 6.45) is 0.749. The first kappa shape index (κ1) is 21.9. The lowest BCUT2D eigenvalue weighted by Crippen LogP contribution is -2.47. The Labute approximate surface area is 188 Å². The molecule has 8 heteroatoms. The number of hydrogen-bond acceptors (Lipinski definition) is 3. The van der Waals surface area contributed by atoms with E-state index in [0.717, 1.165) is 12.1 Å². The van der Waals surface area contributed by atoms with E-state index in [4.69, 9.17) is 23.2 Å². The molecule has 4 rings (SSSR count). The third-order valence-corrected chi connectivity index (χ3v) is 6.34. The number of carbonyl (C=O) groups excluding carboxylic acids is 2. The Morgan fingerprint density at radius 2 is 1.81 bits per heavy atom. The summed E-state index contributed by atoms with van der Waals surface area (Å²) in [7, 11) is 0. The first-order chi connectivity index (χ1) is 14.5. The highest BCUT2D eigenvalue weighted by molar-refractivity contribution is 6.35. The number of halogens is 4. The second kappa shape index (κ2) is 7.68. The van der Waals surface area contributed by atoms with Gasteiger partial charge < -0.3 is 4.90 Å². The molecule has 0 saturated heterocycles. The van der Waals surface area contributed by atoms with Gasteiger partial charge in [0.1, 0.15) is 5.78 Å². The summed E-state index contributed by atoms with van der Waals surface area (Å²) >= 11 is 12.6. The molecule has 1 fully saturated rings. The van der Waals surface area contributed by atoms with Crippen molar-refractivity contribution >= 4 is 52.0 Å². The molecular weight excluding hydrogens is 445 g/mol. The van der Waals surface area contributed by atoms with Crippen molar-refractivity contribution in [1.29, 1.82) is 0 Å². The highest BCUT2D eigenvalue weighted by Gasteiger charge is 2.48. The van der Waals surface area contributed by atoms with Crippen LogP contribution in [0.1, 0.15) is 45.2 Å². The zero-order chi connectivity index (χ0) is 22.7. The van der Waals surface area contributed by atoms with Crippen molar-refractivity contribution < 1.29 is 18.4 Å². The third kappa shape index (κ3) is 3.87. The van der Waals surface area contributed by atoms with Gasteiger partial charge in [0, 0.05) is 41.2 Å². The second-order valence-electron chi connectivity index (χ2n) is 8.82. The molecule has 1 amide bonds. The van der Waals surface area contributed by atoms with E-state index >= 15 is 0 Å². The maximum absolute atomic E-state index is 14.2. The van der Waals surface area contributed by atoms with Crippen LogP contribution in [0.15, 0.2) is 35.3 Å². The van der Waals surface area contributed by atoms with Gasteiger partial charge in [-0.1, -0.05) is 43.1 Å². The smallest absolute Gasteiger partial charge is 0.224 e. The van der Waals surface area contributed by atoms with Crippen LogP contribution in [0.5, 0.6) is 0 Å². The molecule has 1 aliphatic heterocycles. The topological polar surface area (TPSA) is 49.7 Å². The number of nitrogens with zero attached hydrogens (tertiary/aromatic N) is 2. The van der Waals surface area contributed by atoms with Crippen molar-refractivity contribution in [3.05, 3.63) is 57.6 Å². The number of Topliss-reactive ketones (excluding diaryl/α,β-unsaturated/α-hetero) is 1. The predicted octanol–water partition coefficient (Wildman–Crippen LogP) is 6.46. The fourth-order valence-corrected chi connectivity index (χ4v) is 5.11. The molecule has 4 nitrogen and oxygen atoms in total. The fourth-order valence-electron chi connectivity index (χ4n) is 4.59. The molecular formula is C23H20Cl2F2N2O2. The van der Waals surface area contributed by atoms with E-state index in [-0.39, 0.29) is 34.0 Å². The minimum absolute atomic E-state index is 0.0925. The second-order valence-corrected chi connectivity index (χ2v) is 9.66. The summed E-state index contributed by atoms with van der Waals surface area (Å²) in [5, 5.41) is 0.669. The van der Waals surface area contributed by atoms with E-state index in [2.05, 4.69) is 4.99 Å². The Kier molecular flexibility index (Phi) is 5.42. The summed E-state index contributed by atoms with van der Waals surface area (Å²) in [5.41, 5.74) is 0.852.